The highest BCUT2D eigenvalue weighted by atomic mass is 16.5. The van der Waals surface area contributed by atoms with Crippen LogP contribution in [0.15, 0.2) is 42.6 Å². The first-order valence-electron chi connectivity index (χ1n) is 10.4. The molecule has 0 unspecified atom stereocenters. The molecule has 0 atom stereocenters. The van der Waals surface area contributed by atoms with Gasteiger partial charge in [0.05, 0.1) is 36.0 Å². The summed E-state index contributed by atoms with van der Waals surface area (Å²) in [5.74, 6) is -0.330. The lowest BCUT2D eigenvalue weighted by atomic mass is 9.67. The second kappa shape index (κ2) is 7.08. The maximum absolute atomic E-state index is 11.7. The molecule has 2 aromatic heterocycles. The van der Waals surface area contributed by atoms with Gasteiger partial charge in [-0.1, -0.05) is 39.8 Å². The maximum atomic E-state index is 11.7. The summed E-state index contributed by atoms with van der Waals surface area (Å²) in [4.78, 5) is 21.7. The molecule has 0 radical (unpaired) electrons. The van der Waals surface area contributed by atoms with E-state index in [-0.39, 0.29) is 16.8 Å². The Kier molecular flexibility index (Phi) is 4.80. The van der Waals surface area contributed by atoms with Crippen LogP contribution < -0.4 is 0 Å². The number of aromatic nitrogens is 3. The number of methoxy groups -OCH3 is 1. The molecule has 0 saturated carbocycles. The molecule has 1 aliphatic rings. The number of hydrogen-bond acceptors (Lipinski definition) is 4. The van der Waals surface area contributed by atoms with Crippen LogP contribution in [0, 0.1) is 0 Å². The number of nitrogens with zero attached hydrogens (tertiary/aromatic N) is 3. The molecule has 0 aliphatic heterocycles. The molecule has 0 bridgehead atoms. The van der Waals surface area contributed by atoms with Gasteiger partial charge in [0.1, 0.15) is 5.69 Å². The van der Waals surface area contributed by atoms with Gasteiger partial charge in [0.15, 0.2) is 0 Å². The van der Waals surface area contributed by atoms with E-state index >= 15 is 0 Å². The van der Waals surface area contributed by atoms with E-state index in [1.165, 1.54) is 7.11 Å². The summed E-state index contributed by atoms with van der Waals surface area (Å²) >= 11 is 0. The number of hydrogen-bond donors (Lipinski definition) is 0. The van der Waals surface area contributed by atoms with Crippen molar-refractivity contribution in [3.63, 3.8) is 0 Å². The lowest BCUT2D eigenvalue weighted by molar-refractivity contribution is 0.0600. The summed E-state index contributed by atoms with van der Waals surface area (Å²) in [5.41, 5.74) is 6.85. The SMILES string of the molecule is COC(=O)c1ccc(-c2ccc(-c3cnc4c(n3)C(C)(C)CCC4(C)C)n2C)cc1. The van der Waals surface area contributed by atoms with Crippen LogP contribution in [-0.2, 0) is 22.6 Å². The van der Waals surface area contributed by atoms with Crippen LogP contribution in [-0.4, -0.2) is 27.6 Å². The third kappa shape index (κ3) is 3.32. The standard InChI is InChI=1S/C25H29N3O2/c1-24(2)13-14-25(3,4)22-21(24)26-15-18(27-22)20-12-11-19(28(20)5)16-7-9-17(10-8-16)23(29)30-6/h7-12,15H,13-14H2,1-6H3. The van der Waals surface area contributed by atoms with Gasteiger partial charge in [-0.3, -0.25) is 4.98 Å². The first kappa shape index (κ1) is 20.3. The normalized spacial score (nSPS) is 16.7. The van der Waals surface area contributed by atoms with Crippen LogP contribution in [0.25, 0.3) is 22.6 Å². The molecule has 0 amide bonds. The predicted molar refractivity (Wildman–Crippen MR) is 119 cm³/mol. The molecular weight excluding hydrogens is 374 g/mol. The first-order chi connectivity index (χ1) is 14.1. The molecule has 4 rings (SSSR count). The van der Waals surface area contributed by atoms with Crippen LogP contribution in [0.3, 0.4) is 0 Å². The van der Waals surface area contributed by atoms with Crippen molar-refractivity contribution in [2.45, 2.75) is 51.4 Å². The Morgan fingerprint density at radius 2 is 1.53 bits per heavy atom. The van der Waals surface area contributed by atoms with Crippen LogP contribution in [0.5, 0.6) is 0 Å². The highest BCUT2D eigenvalue weighted by molar-refractivity contribution is 5.90. The summed E-state index contributed by atoms with van der Waals surface area (Å²) in [5, 5.41) is 0. The van der Waals surface area contributed by atoms with Crippen molar-refractivity contribution in [2.75, 3.05) is 7.11 Å². The number of esters is 1. The van der Waals surface area contributed by atoms with Crippen LogP contribution in [0.2, 0.25) is 0 Å². The smallest absolute Gasteiger partial charge is 0.337 e. The Labute approximate surface area is 178 Å². The van der Waals surface area contributed by atoms with Crippen LogP contribution in [0.1, 0.15) is 62.3 Å². The number of ether oxygens (including phenoxy) is 1. The van der Waals surface area contributed by atoms with Crippen LogP contribution >= 0.6 is 0 Å². The molecule has 3 aromatic rings. The molecular formula is C25H29N3O2. The van der Waals surface area contributed by atoms with Crippen LogP contribution in [0.4, 0.5) is 0 Å². The Morgan fingerprint density at radius 1 is 0.933 bits per heavy atom. The molecule has 0 N–H and O–H groups in total. The van der Waals surface area contributed by atoms with Crippen molar-refractivity contribution < 1.29 is 9.53 Å². The summed E-state index contributed by atoms with van der Waals surface area (Å²) in [6.07, 6.45) is 4.13. The van der Waals surface area contributed by atoms with Crippen molar-refractivity contribution >= 4 is 5.97 Å². The lowest BCUT2D eigenvalue weighted by Gasteiger charge is -2.39. The summed E-state index contributed by atoms with van der Waals surface area (Å²) in [6.45, 7) is 9.04. The van der Waals surface area contributed by atoms with Crippen molar-refractivity contribution in [1.82, 2.24) is 14.5 Å². The van der Waals surface area contributed by atoms with E-state index in [2.05, 4.69) is 44.4 Å². The molecule has 156 valence electrons. The summed E-state index contributed by atoms with van der Waals surface area (Å²) < 4.78 is 6.91. The van der Waals surface area contributed by atoms with Crippen molar-refractivity contribution in [1.29, 1.82) is 0 Å². The first-order valence-corrected chi connectivity index (χ1v) is 10.4. The van der Waals surface area contributed by atoms with Gasteiger partial charge in [0, 0.05) is 23.6 Å². The number of carbonyl (C=O) groups excluding carboxylic acids is 1. The molecule has 0 saturated heterocycles. The minimum atomic E-state index is -0.330. The Hall–Kier alpha value is -2.95. The monoisotopic (exact) mass is 403 g/mol. The van der Waals surface area contributed by atoms with E-state index in [9.17, 15) is 4.79 Å². The zero-order valence-electron chi connectivity index (χ0n) is 18.6. The molecule has 0 spiro atoms. The fraction of sp³-hybridized carbons (Fsp3) is 0.400. The van der Waals surface area contributed by atoms with Gasteiger partial charge in [-0.05, 0) is 42.7 Å². The number of rotatable bonds is 3. The zero-order chi connectivity index (χ0) is 21.7. The summed E-state index contributed by atoms with van der Waals surface area (Å²) in [6, 6.07) is 11.6. The third-order valence-electron chi connectivity index (χ3n) is 6.42. The van der Waals surface area contributed by atoms with E-state index in [1.807, 2.05) is 25.4 Å². The Morgan fingerprint density at radius 3 is 2.17 bits per heavy atom. The quantitative estimate of drug-likeness (QED) is 0.558. The number of carbonyl (C=O) groups is 1. The van der Waals surface area contributed by atoms with Crippen molar-refractivity contribution in [3.8, 4) is 22.6 Å². The van der Waals surface area contributed by atoms with Crippen molar-refractivity contribution in [2.24, 2.45) is 7.05 Å². The zero-order valence-corrected chi connectivity index (χ0v) is 18.6. The minimum absolute atomic E-state index is 0.0194. The number of benzene rings is 1. The molecule has 5 heteroatoms. The second-order valence-corrected chi connectivity index (χ2v) is 9.45. The Balaban J connectivity index is 1.74. The van der Waals surface area contributed by atoms with Gasteiger partial charge in [0.2, 0.25) is 0 Å². The van der Waals surface area contributed by atoms with E-state index in [0.717, 1.165) is 46.9 Å². The van der Waals surface area contributed by atoms with E-state index in [0.29, 0.717) is 5.56 Å². The predicted octanol–water partition coefficient (Wildman–Crippen LogP) is 5.28. The van der Waals surface area contributed by atoms with Gasteiger partial charge in [-0.15, -0.1) is 0 Å². The highest BCUT2D eigenvalue weighted by Crippen LogP contribution is 2.44. The molecule has 30 heavy (non-hydrogen) atoms. The van der Waals surface area contributed by atoms with Crippen molar-refractivity contribution in [3.05, 3.63) is 59.5 Å². The highest BCUT2D eigenvalue weighted by Gasteiger charge is 2.39. The molecule has 1 aromatic carbocycles. The lowest BCUT2D eigenvalue weighted by Crippen LogP contribution is -2.36. The fourth-order valence-corrected chi connectivity index (χ4v) is 4.29. The largest absolute Gasteiger partial charge is 0.465 e. The average Bonchev–Trinajstić information content (AvgIpc) is 3.12. The maximum Gasteiger partial charge on any atom is 0.337 e. The fourth-order valence-electron chi connectivity index (χ4n) is 4.29. The molecule has 1 aliphatic carbocycles. The van der Waals surface area contributed by atoms with Gasteiger partial charge < -0.3 is 9.30 Å². The number of fused-ring (bicyclic) bond motifs is 1. The van der Waals surface area contributed by atoms with Gasteiger partial charge >= 0.3 is 5.97 Å². The Bertz CT molecular complexity index is 1110. The molecule has 0 fully saturated rings. The van der Waals surface area contributed by atoms with Gasteiger partial charge in [-0.2, -0.15) is 0 Å². The van der Waals surface area contributed by atoms with Gasteiger partial charge in [0.25, 0.3) is 0 Å². The second-order valence-electron chi connectivity index (χ2n) is 9.45. The molecule has 5 nitrogen and oxygen atoms in total. The van der Waals surface area contributed by atoms with Gasteiger partial charge in [-0.25, -0.2) is 9.78 Å². The average molecular weight is 404 g/mol. The minimum Gasteiger partial charge on any atom is -0.465 e. The van der Waals surface area contributed by atoms with E-state index in [1.54, 1.807) is 12.1 Å². The topological polar surface area (TPSA) is 57.0 Å². The summed E-state index contributed by atoms with van der Waals surface area (Å²) in [7, 11) is 3.43. The molecule has 2 heterocycles. The van der Waals surface area contributed by atoms with E-state index < -0.39 is 0 Å². The van der Waals surface area contributed by atoms with E-state index in [4.69, 9.17) is 14.7 Å². The third-order valence-corrected chi connectivity index (χ3v) is 6.42.